The van der Waals surface area contributed by atoms with E-state index in [0.717, 1.165) is 13.1 Å². The Morgan fingerprint density at radius 3 is 2.85 bits per heavy atom. The molecule has 0 amide bonds. The maximum atomic E-state index is 4.30. The van der Waals surface area contributed by atoms with Crippen LogP contribution >= 0.6 is 11.3 Å². The molecule has 102 valence electrons. The summed E-state index contributed by atoms with van der Waals surface area (Å²) in [6.07, 6.45) is 1.85. The second-order valence-electron chi connectivity index (χ2n) is 4.51. The zero-order valence-electron chi connectivity index (χ0n) is 11.4. The first-order valence-corrected chi connectivity index (χ1v) is 7.64. The monoisotopic (exact) mass is 283 g/mol. The van der Waals surface area contributed by atoms with E-state index < -0.39 is 0 Å². The van der Waals surface area contributed by atoms with Crippen molar-refractivity contribution in [3.8, 4) is 10.4 Å². The molecule has 0 saturated heterocycles. The third kappa shape index (κ3) is 2.60. The largest absolute Gasteiger partial charge is 0.379 e. The number of aromatic nitrogens is 2. The molecule has 2 aromatic heterocycles. The molecule has 1 N–H and O–H groups in total. The molecule has 0 aliphatic rings. The SMILES string of the molecule is CCn1nccc1CNc1ccccc1-c1cccs1. The van der Waals surface area contributed by atoms with Crippen molar-refractivity contribution >= 4 is 17.0 Å². The van der Waals surface area contributed by atoms with E-state index in [1.807, 2.05) is 10.9 Å². The van der Waals surface area contributed by atoms with Crippen LogP contribution in [-0.4, -0.2) is 9.78 Å². The zero-order valence-corrected chi connectivity index (χ0v) is 12.2. The summed E-state index contributed by atoms with van der Waals surface area (Å²) in [5.41, 5.74) is 3.62. The van der Waals surface area contributed by atoms with Gasteiger partial charge in [0.25, 0.3) is 0 Å². The average molecular weight is 283 g/mol. The fourth-order valence-electron chi connectivity index (χ4n) is 2.26. The zero-order chi connectivity index (χ0) is 13.8. The minimum atomic E-state index is 0.788. The molecular formula is C16H17N3S. The van der Waals surface area contributed by atoms with Gasteiger partial charge in [-0.3, -0.25) is 4.68 Å². The number of hydrogen-bond acceptors (Lipinski definition) is 3. The molecule has 0 spiro atoms. The Morgan fingerprint density at radius 1 is 1.15 bits per heavy atom. The normalized spacial score (nSPS) is 10.7. The van der Waals surface area contributed by atoms with Gasteiger partial charge in [0.15, 0.2) is 0 Å². The third-order valence-electron chi connectivity index (χ3n) is 3.28. The number of hydrogen-bond donors (Lipinski definition) is 1. The molecule has 4 heteroatoms. The summed E-state index contributed by atoms with van der Waals surface area (Å²) in [4.78, 5) is 1.29. The Balaban J connectivity index is 1.81. The first kappa shape index (κ1) is 12.9. The minimum absolute atomic E-state index is 0.788. The molecule has 0 radical (unpaired) electrons. The van der Waals surface area contributed by atoms with Gasteiger partial charge in [0, 0.05) is 28.9 Å². The molecule has 0 aliphatic carbocycles. The fourth-order valence-corrected chi connectivity index (χ4v) is 3.03. The molecule has 0 fully saturated rings. The Hall–Kier alpha value is -2.07. The number of aryl methyl sites for hydroxylation is 1. The van der Waals surface area contributed by atoms with Crippen molar-refractivity contribution in [2.45, 2.75) is 20.0 Å². The maximum Gasteiger partial charge on any atom is 0.0575 e. The number of nitrogens with zero attached hydrogens (tertiary/aromatic N) is 2. The van der Waals surface area contributed by atoms with Crippen molar-refractivity contribution < 1.29 is 0 Å². The number of para-hydroxylation sites is 1. The molecule has 3 rings (SSSR count). The van der Waals surface area contributed by atoms with Crippen LogP contribution in [0.3, 0.4) is 0 Å². The summed E-state index contributed by atoms with van der Waals surface area (Å²) < 4.78 is 2.01. The second-order valence-corrected chi connectivity index (χ2v) is 5.46. The lowest BCUT2D eigenvalue weighted by molar-refractivity contribution is 0.627. The van der Waals surface area contributed by atoms with Crippen LogP contribution < -0.4 is 5.32 Å². The summed E-state index contributed by atoms with van der Waals surface area (Å²) in [5, 5.41) is 9.93. The molecule has 0 unspecified atom stereocenters. The van der Waals surface area contributed by atoms with Crippen molar-refractivity contribution in [2.75, 3.05) is 5.32 Å². The smallest absolute Gasteiger partial charge is 0.0575 e. The highest BCUT2D eigenvalue weighted by molar-refractivity contribution is 7.13. The standard InChI is InChI=1S/C16H17N3S/c1-2-19-13(9-10-18-19)12-17-15-7-4-3-6-14(15)16-8-5-11-20-16/h3-11,17H,2,12H2,1H3. The fraction of sp³-hybridized carbons (Fsp3) is 0.188. The highest BCUT2D eigenvalue weighted by Gasteiger charge is 2.06. The van der Waals surface area contributed by atoms with Gasteiger partial charge in [-0.15, -0.1) is 11.3 Å². The lowest BCUT2D eigenvalue weighted by Gasteiger charge is -2.11. The van der Waals surface area contributed by atoms with E-state index in [0.29, 0.717) is 0 Å². The van der Waals surface area contributed by atoms with Crippen LogP contribution in [0.5, 0.6) is 0 Å². The van der Waals surface area contributed by atoms with Gasteiger partial charge in [-0.25, -0.2) is 0 Å². The Labute approximate surface area is 122 Å². The summed E-state index contributed by atoms with van der Waals surface area (Å²) in [6.45, 7) is 3.79. The van der Waals surface area contributed by atoms with Crippen LogP contribution in [0.2, 0.25) is 0 Å². The lowest BCUT2D eigenvalue weighted by atomic mass is 10.1. The van der Waals surface area contributed by atoms with Gasteiger partial charge >= 0.3 is 0 Å². The van der Waals surface area contributed by atoms with Crippen LogP contribution in [0, 0.1) is 0 Å². The maximum absolute atomic E-state index is 4.30. The van der Waals surface area contributed by atoms with Crippen LogP contribution in [0.1, 0.15) is 12.6 Å². The third-order valence-corrected chi connectivity index (χ3v) is 4.18. The van der Waals surface area contributed by atoms with Crippen LogP contribution in [0.15, 0.2) is 54.0 Å². The number of anilines is 1. The first-order chi connectivity index (χ1) is 9.88. The Bertz CT molecular complexity index is 671. The molecule has 0 atom stereocenters. The van der Waals surface area contributed by atoms with Gasteiger partial charge in [0.2, 0.25) is 0 Å². The Kier molecular flexibility index (Phi) is 3.83. The highest BCUT2D eigenvalue weighted by Crippen LogP contribution is 2.31. The summed E-state index contributed by atoms with van der Waals surface area (Å²) >= 11 is 1.76. The van der Waals surface area contributed by atoms with Crippen LogP contribution in [-0.2, 0) is 13.1 Å². The molecule has 2 heterocycles. The molecular weight excluding hydrogens is 266 g/mol. The molecule has 3 aromatic rings. The van der Waals surface area contributed by atoms with E-state index in [-0.39, 0.29) is 0 Å². The van der Waals surface area contributed by atoms with E-state index >= 15 is 0 Å². The number of nitrogens with one attached hydrogen (secondary N) is 1. The second kappa shape index (κ2) is 5.92. The van der Waals surface area contributed by atoms with E-state index in [9.17, 15) is 0 Å². The highest BCUT2D eigenvalue weighted by atomic mass is 32.1. The Morgan fingerprint density at radius 2 is 2.05 bits per heavy atom. The number of rotatable bonds is 5. The molecule has 20 heavy (non-hydrogen) atoms. The van der Waals surface area contributed by atoms with Crippen LogP contribution in [0.4, 0.5) is 5.69 Å². The van der Waals surface area contributed by atoms with E-state index in [4.69, 9.17) is 0 Å². The van der Waals surface area contributed by atoms with Gasteiger partial charge < -0.3 is 5.32 Å². The van der Waals surface area contributed by atoms with E-state index in [1.165, 1.54) is 21.8 Å². The molecule has 0 bridgehead atoms. The van der Waals surface area contributed by atoms with Gasteiger partial charge in [0.05, 0.1) is 12.2 Å². The first-order valence-electron chi connectivity index (χ1n) is 6.76. The van der Waals surface area contributed by atoms with Crippen molar-refractivity contribution in [1.82, 2.24) is 9.78 Å². The van der Waals surface area contributed by atoms with E-state index in [2.05, 4.69) is 65.2 Å². The average Bonchev–Trinajstić information content (AvgIpc) is 3.16. The van der Waals surface area contributed by atoms with Crippen molar-refractivity contribution in [3.63, 3.8) is 0 Å². The summed E-state index contributed by atoms with van der Waals surface area (Å²) in [7, 11) is 0. The topological polar surface area (TPSA) is 29.9 Å². The van der Waals surface area contributed by atoms with Crippen molar-refractivity contribution in [2.24, 2.45) is 0 Å². The van der Waals surface area contributed by atoms with Crippen molar-refractivity contribution in [1.29, 1.82) is 0 Å². The van der Waals surface area contributed by atoms with Gasteiger partial charge in [-0.2, -0.15) is 5.10 Å². The van der Waals surface area contributed by atoms with Gasteiger partial charge in [-0.1, -0.05) is 24.3 Å². The molecule has 1 aromatic carbocycles. The number of benzene rings is 1. The molecule has 3 nitrogen and oxygen atoms in total. The predicted octanol–water partition coefficient (Wildman–Crippen LogP) is 4.24. The van der Waals surface area contributed by atoms with Crippen molar-refractivity contribution in [3.05, 3.63) is 59.7 Å². The van der Waals surface area contributed by atoms with E-state index in [1.54, 1.807) is 11.3 Å². The van der Waals surface area contributed by atoms with Gasteiger partial charge in [0.1, 0.15) is 0 Å². The quantitative estimate of drug-likeness (QED) is 0.759. The lowest BCUT2D eigenvalue weighted by Crippen LogP contribution is -2.08. The van der Waals surface area contributed by atoms with Gasteiger partial charge in [-0.05, 0) is 30.5 Å². The summed E-state index contributed by atoms with van der Waals surface area (Å²) in [5.74, 6) is 0. The molecule has 0 saturated carbocycles. The summed E-state index contributed by atoms with van der Waals surface area (Å²) in [6, 6.07) is 14.7. The minimum Gasteiger partial charge on any atom is -0.379 e. The predicted molar refractivity (Wildman–Crippen MR) is 85.0 cm³/mol. The number of thiophene rings is 1. The van der Waals surface area contributed by atoms with Crippen LogP contribution in [0.25, 0.3) is 10.4 Å². The molecule has 0 aliphatic heterocycles.